The van der Waals surface area contributed by atoms with Gasteiger partial charge in [-0.3, -0.25) is 10.1 Å². The molecule has 0 unspecified atom stereocenters. The van der Waals surface area contributed by atoms with Crippen molar-refractivity contribution < 1.29 is 14.3 Å². The van der Waals surface area contributed by atoms with Gasteiger partial charge in [0.05, 0.1) is 12.6 Å². The number of carbonyl (C=O) groups excluding carboxylic acids is 1. The fourth-order valence-corrected chi connectivity index (χ4v) is 3.39. The maximum atomic E-state index is 12.6. The second kappa shape index (κ2) is 8.37. The van der Waals surface area contributed by atoms with Crippen molar-refractivity contribution in [1.29, 1.82) is 0 Å². The molecule has 5 heteroatoms. The van der Waals surface area contributed by atoms with Crippen LogP contribution in [0, 0.1) is 13.8 Å². The monoisotopic (exact) mass is 388 g/mol. The Hall–Kier alpha value is -3.31. The van der Waals surface area contributed by atoms with Gasteiger partial charge in [0, 0.05) is 11.8 Å². The van der Waals surface area contributed by atoms with Gasteiger partial charge in [-0.1, -0.05) is 48.5 Å². The zero-order valence-electron chi connectivity index (χ0n) is 16.6. The third kappa shape index (κ3) is 4.41. The molecular formula is C24H24N2O3. The van der Waals surface area contributed by atoms with Gasteiger partial charge in [0.2, 0.25) is 12.7 Å². The molecule has 1 aliphatic rings. The molecule has 2 N–H and O–H groups in total. The number of hydrogen-bond donors (Lipinski definition) is 2. The van der Waals surface area contributed by atoms with Crippen molar-refractivity contribution in [1.82, 2.24) is 5.32 Å². The molecule has 3 aromatic carbocycles. The molecule has 0 aromatic heterocycles. The Bertz CT molecular complexity index is 1020. The van der Waals surface area contributed by atoms with Crippen LogP contribution in [0.1, 0.15) is 28.3 Å². The lowest BCUT2D eigenvalue weighted by atomic mass is 9.95. The number of amides is 1. The van der Waals surface area contributed by atoms with E-state index in [2.05, 4.69) is 54.8 Å². The zero-order chi connectivity index (χ0) is 20.2. The van der Waals surface area contributed by atoms with E-state index in [1.807, 2.05) is 24.3 Å². The van der Waals surface area contributed by atoms with E-state index >= 15 is 0 Å². The van der Waals surface area contributed by atoms with E-state index in [0.717, 1.165) is 11.1 Å². The summed E-state index contributed by atoms with van der Waals surface area (Å²) in [4.78, 5) is 12.6. The van der Waals surface area contributed by atoms with E-state index in [1.165, 1.54) is 11.1 Å². The Morgan fingerprint density at radius 1 is 0.897 bits per heavy atom. The van der Waals surface area contributed by atoms with Crippen molar-refractivity contribution in [2.24, 2.45) is 0 Å². The van der Waals surface area contributed by atoms with Crippen molar-refractivity contribution in [3.05, 3.63) is 89.0 Å². The second-order valence-electron chi connectivity index (χ2n) is 7.18. The predicted molar refractivity (Wildman–Crippen MR) is 113 cm³/mol. The molecule has 1 heterocycles. The van der Waals surface area contributed by atoms with Crippen LogP contribution in [0.3, 0.4) is 0 Å². The fraction of sp³-hybridized carbons (Fsp3) is 0.208. The van der Waals surface area contributed by atoms with Gasteiger partial charge >= 0.3 is 0 Å². The first-order valence-corrected chi connectivity index (χ1v) is 9.65. The van der Waals surface area contributed by atoms with E-state index < -0.39 is 0 Å². The number of rotatable bonds is 6. The minimum atomic E-state index is -0.117. The number of carbonyl (C=O) groups is 1. The van der Waals surface area contributed by atoms with E-state index in [1.54, 1.807) is 12.1 Å². The lowest BCUT2D eigenvalue weighted by Crippen LogP contribution is -2.32. The minimum Gasteiger partial charge on any atom is -0.454 e. The highest BCUT2D eigenvalue weighted by Gasteiger charge is 2.17. The summed E-state index contributed by atoms with van der Waals surface area (Å²) in [6.07, 6.45) is 0. The molecule has 0 aliphatic carbocycles. The van der Waals surface area contributed by atoms with Gasteiger partial charge in [-0.05, 0) is 48.2 Å². The number of benzene rings is 3. The van der Waals surface area contributed by atoms with E-state index in [0.29, 0.717) is 17.2 Å². The van der Waals surface area contributed by atoms with Crippen molar-refractivity contribution in [2.75, 3.05) is 18.7 Å². The zero-order valence-corrected chi connectivity index (χ0v) is 16.6. The number of nitrogens with one attached hydrogen (secondary N) is 2. The number of hydrogen-bond acceptors (Lipinski definition) is 4. The minimum absolute atomic E-state index is 0.0713. The molecule has 3 aromatic rings. The third-order valence-corrected chi connectivity index (χ3v) is 5.12. The molecule has 0 saturated carbocycles. The summed E-state index contributed by atoms with van der Waals surface area (Å²) in [5.74, 6) is 1.22. The molecule has 1 aliphatic heterocycles. The highest BCUT2D eigenvalue weighted by atomic mass is 16.7. The Morgan fingerprint density at radius 2 is 1.69 bits per heavy atom. The topological polar surface area (TPSA) is 59.6 Å². The first-order chi connectivity index (χ1) is 14.1. The summed E-state index contributed by atoms with van der Waals surface area (Å²) in [6, 6.07) is 21.9. The van der Waals surface area contributed by atoms with Crippen molar-refractivity contribution in [3.8, 4) is 11.5 Å². The van der Waals surface area contributed by atoms with Crippen LogP contribution in [-0.2, 0) is 4.79 Å². The van der Waals surface area contributed by atoms with Gasteiger partial charge in [-0.15, -0.1) is 0 Å². The lowest BCUT2D eigenvalue weighted by molar-refractivity contribution is -0.115. The lowest BCUT2D eigenvalue weighted by Gasteiger charge is -2.21. The molecular weight excluding hydrogens is 364 g/mol. The van der Waals surface area contributed by atoms with Crippen LogP contribution in [0.2, 0.25) is 0 Å². The third-order valence-electron chi connectivity index (χ3n) is 5.12. The summed E-state index contributed by atoms with van der Waals surface area (Å²) in [6.45, 7) is 4.60. The van der Waals surface area contributed by atoms with Crippen LogP contribution in [0.4, 0.5) is 5.69 Å². The highest BCUT2D eigenvalue weighted by Crippen LogP contribution is 2.34. The van der Waals surface area contributed by atoms with Gasteiger partial charge in [-0.25, -0.2) is 0 Å². The average Bonchev–Trinajstić information content (AvgIpc) is 3.19. The summed E-state index contributed by atoms with van der Waals surface area (Å²) in [7, 11) is 0. The Kier molecular flexibility index (Phi) is 5.49. The van der Waals surface area contributed by atoms with Gasteiger partial charge in [0.15, 0.2) is 11.5 Å². The van der Waals surface area contributed by atoms with Crippen molar-refractivity contribution >= 4 is 11.6 Å². The maximum Gasteiger partial charge on any atom is 0.238 e. The first kappa shape index (κ1) is 19.0. The smallest absolute Gasteiger partial charge is 0.238 e. The molecule has 29 heavy (non-hydrogen) atoms. The van der Waals surface area contributed by atoms with Crippen LogP contribution in [-0.4, -0.2) is 19.2 Å². The van der Waals surface area contributed by atoms with E-state index in [-0.39, 0.29) is 25.3 Å². The van der Waals surface area contributed by atoms with Crippen molar-refractivity contribution in [2.45, 2.75) is 19.9 Å². The molecule has 0 bridgehead atoms. The Labute approximate surface area is 170 Å². The van der Waals surface area contributed by atoms with Gasteiger partial charge in [0.25, 0.3) is 0 Å². The average molecular weight is 388 g/mol. The van der Waals surface area contributed by atoms with E-state index in [4.69, 9.17) is 9.47 Å². The number of anilines is 1. The second-order valence-corrected chi connectivity index (χ2v) is 7.18. The summed E-state index contributed by atoms with van der Waals surface area (Å²) < 4.78 is 10.7. The molecule has 5 nitrogen and oxygen atoms in total. The van der Waals surface area contributed by atoms with Crippen LogP contribution in [0.25, 0.3) is 0 Å². The Balaban J connectivity index is 1.47. The predicted octanol–water partition coefficient (Wildman–Crippen LogP) is 4.35. The number of aryl methyl sites for hydroxylation is 2. The van der Waals surface area contributed by atoms with Crippen LogP contribution < -0.4 is 20.1 Å². The maximum absolute atomic E-state index is 12.6. The first-order valence-electron chi connectivity index (χ1n) is 9.65. The molecule has 148 valence electrons. The Morgan fingerprint density at radius 3 is 2.48 bits per heavy atom. The molecule has 0 spiro atoms. The molecule has 1 amide bonds. The van der Waals surface area contributed by atoms with Gasteiger partial charge in [-0.2, -0.15) is 0 Å². The standard InChI is InChI=1S/C24H24N2O3/c1-16-8-9-19(12-17(16)2)24(18-6-4-3-5-7-18)25-14-23(27)26-20-10-11-21-22(13-20)29-15-28-21/h3-13,24-25H,14-15H2,1-2H3,(H,26,27)/t24-/m0/s1. The largest absolute Gasteiger partial charge is 0.454 e. The van der Waals surface area contributed by atoms with Gasteiger partial charge < -0.3 is 14.8 Å². The summed E-state index contributed by atoms with van der Waals surface area (Å²) in [5, 5.41) is 6.32. The molecule has 0 saturated heterocycles. The number of fused-ring (bicyclic) bond motifs is 1. The fourth-order valence-electron chi connectivity index (χ4n) is 3.39. The normalized spacial score (nSPS) is 13.2. The summed E-state index contributed by atoms with van der Waals surface area (Å²) >= 11 is 0. The quantitative estimate of drug-likeness (QED) is 0.659. The van der Waals surface area contributed by atoms with Gasteiger partial charge in [0.1, 0.15) is 0 Å². The highest BCUT2D eigenvalue weighted by molar-refractivity contribution is 5.92. The van der Waals surface area contributed by atoms with Crippen LogP contribution >= 0.6 is 0 Å². The van der Waals surface area contributed by atoms with Crippen LogP contribution in [0.15, 0.2) is 66.7 Å². The molecule has 0 fully saturated rings. The number of ether oxygens (including phenoxy) is 2. The van der Waals surface area contributed by atoms with E-state index in [9.17, 15) is 4.79 Å². The summed E-state index contributed by atoms with van der Waals surface area (Å²) in [5.41, 5.74) is 5.42. The van der Waals surface area contributed by atoms with Crippen molar-refractivity contribution in [3.63, 3.8) is 0 Å². The SMILES string of the molecule is Cc1ccc([C@@H](NCC(=O)Nc2ccc3c(c2)OCO3)c2ccccc2)cc1C. The molecule has 4 rings (SSSR count). The van der Waals surface area contributed by atoms with Crippen LogP contribution in [0.5, 0.6) is 11.5 Å². The molecule has 0 radical (unpaired) electrons. The molecule has 1 atom stereocenters.